The summed E-state index contributed by atoms with van der Waals surface area (Å²) < 4.78 is 5.89. The first-order chi connectivity index (χ1) is 9.79. The molecule has 0 radical (unpaired) electrons. The van der Waals surface area contributed by atoms with Crippen molar-refractivity contribution in [1.29, 1.82) is 0 Å². The summed E-state index contributed by atoms with van der Waals surface area (Å²) in [6.45, 7) is 10.1. The molecule has 1 aromatic rings. The Kier molecular flexibility index (Phi) is 6.37. The Hall–Kier alpha value is -1.03. The highest BCUT2D eigenvalue weighted by Gasteiger charge is 2.09. The van der Waals surface area contributed by atoms with Gasteiger partial charge in [-0.25, -0.2) is 0 Å². The minimum absolute atomic E-state index is 0.745. The number of rotatable bonds is 7. The lowest BCUT2D eigenvalue weighted by atomic mass is 10.1. The van der Waals surface area contributed by atoms with Crippen LogP contribution in [0.5, 0.6) is 5.75 Å². The molecule has 0 atom stereocenters. The second kappa shape index (κ2) is 8.30. The highest BCUT2D eigenvalue weighted by molar-refractivity contribution is 6.30. The quantitative estimate of drug-likeness (QED) is 0.618. The Morgan fingerprint density at radius 2 is 2.15 bits per heavy atom. The largest absolute Gasteiger partial charge is 0.493 e. The molecule has 4 heteroatoms. The maximum Gasteiger partial charge on any atom is 0.122 e. The average molecular weight is 295 g/mol. The Balaban J connectivity index is 1.76. The maximum atomic E-state index is 6.01. The lowest BCUT2D eigenvalue weighted by molar-refractivity contribution is 0.213. The van der Waals surface area contributed by atoms with Crippen LogP contribution in [0.25, 0.3) is 0 Å². The van der Waals surface area contributed by atoms with Crippen molar-refractivity contribution >= 4 is 11.6 Å². The Morgan fingerprint density at radius 1 is 1.35 bits per heavy atom. The third-order valence-corrected chi connectivity index (χ3v) is 3.71. The maximum absolute atomic E-state index is 6.01. The summed E-state index contributed by atoms with van der Waals surface area (Å²) in [5.74, 6) is 0.926. The number of hydrogen-bond donors (Lipinski definition) is 1. The summed E-state index contributed by atoms with van der Waals surface area (Å²) >= 11 is 6.01. The van der Waals surface area contributed by atoms with E-state index in [-0.39, 0.29) is 0 Å². The SMILES string of the molecule is C=CCc1cc(Cl)ccc1OCCCN1CCNCC1. The third kappa shape index (κ3) is 4.82. The van der Waals surface area contributed by atoms with Crippen LogP contribution >= 0.6 is 11.6 Å². The van der Waals surface area contributed by atoms with Gasteiger partial charge in [-0.05, 0) is 36.6 Å². The number of nitrogens with zero attached hydrogens (tertiary/aromatic N) is 1. The molecule has 0 spiro atoms. The molecule has 1 N–H and O–H groups in total. The summed E-state index contributed by atoms with van der Waals surface area (Å²) in [7, 11) is 0. The molecule has 1 saturated heterocycles. The molecule has 2 rings (SSSR count). The standard InChI is InChI=1S/C16H23ClN2O/c1-2-4-14-13-15(17)5-6-16(14)20-12-3-9-19-10-7-18-8-11-19/h2,5-6,13,18H,1,3-4,7-12H2. The zero-order chi connectivity index (χ0) is 14.2. The van der Waals surface area contributed by atoms with E-state index >= 15 is 0 Å². The van der Waals surface area contributed by atoms with Crippen LogP contribution in [0, 0.1) is 0 Å². The van der Waals surface area contributed by atoms with Crippen molar-refractivity contribution in [2.45, 2.75) is 12.8 Å². The van der Waals surface area contributed by atoms with Crippen molar-refractivity contribution in [2.24, 2.45) is 0 Å². The van der Waals surface area contributed by atoms with Gasteiger partial charge in [0.1, 0.15) is 5.75 Å². The predicted octanol–water partition coefficient (Wildman–Crippen LogP) is 2.74. The molecule has 20 heavy (non-hydrogen) atoms. The molecule has 110 valence electrons. The monoisotopic (exact) mass is 294 g/mol. The van der Waals surface area contributed by atoms with Gasteiger partial charge >= 0.3 is 0 Å². The Morgan fingerprint density at radius 3 is 2.90 bits per heavy atom. The number of hydrogen-bond acceptors (Lipinski definition) is 3. The van der Waals surface area contributed by atoms with Gasteiger partial charge in [-0.1, -0.05) is 17.7 Å². The molecule has 0 unspecified atom stereocenters. The lowest BCUT2D eigenvalue weighted by Gasteiger charge is -2.27. The number of piperazine rings is 1. The van der Waals surface area contributed by atoms with Gasteiger partial charge in [-0.15, -0.1) is 6.58 Å². The fourth-order valence-corrected chi connectivity index (χ4v) is 2.60. The van der Waals surface area contributed by atoms with E-state index < -0.39 is 0 Å². The Labute approximate surface area is 126 Å². The first-order valence-corrected chi connectivity index (χ1v) is 7.62. The van der Waals surface area contributed by atoms with Crippen LogP contribution in [0.4, 0.5) is 0 Å². The molecule has 1 fully saturated rings. The molecule has 1 aromatic carbocycles. The van der Waals surface area contributed by atoms with Gasteiger partial charge in [0.25, 0.3) is 0 Å². The van der Waals surface area contributed by atoms with Gasteiger partial charge < -0.3 is 15.0 Å². The first kappa shape index (κ1) is 15.4. The zero-order valence-electron chi connectivity index (χ0n) is 11.9. The molecule has 0 saturated carbocycles. The van der Waals surface area contributed by atoms with Crippen LogP contribution < -0.4 is 10.1 Å². The van der Waals surface area contributed by atoms with Crippen LogP contribution in [0.3, 0.4) is 0 Å². The van der Waals surface area contributed by atoms with Crippen molar-refractivity contribution in [3.8, 4) is 5.75 Å². The van der Waals surface area contributed by atoms with Crippen molar-refractivity contribution < 1.29 is 4.74 Å². The van der Waals surface area contributed by atoms with Crippen LogP contribution in [-0.2, 0) is 6.42 Å². The lowest BCUT2D eigenvalue weighted by Crippen LogP contribution is -2.43. The normalized spacial score (nSPS) is 16.1. The van der Waals surface area contributed by atoms with Crippen molar-refractivity contribution in [1.82, 2.24) is 10.2 Å². The summed E-state index contributed by atoms with van der Waals surface area (Å²) in [5.41, 5.74) is 1.11. The third-order valence-electron chi connectivity index (χ3n) is 3.47. The molecular weight excluding hydrogens is 272 g/mol. The van der Waals surface area contributed by atoms with Crippen molar-refractivity contribution in [3.63, 3.8) is 0 Å². The second-order valence-electron chi connectivity index (χ2n) is 5.04. The number of nitrogens with one attached hydrogen (secondary N) is 1. The molecule has 3 nitrogen and oxygen atoms in total. The van der Waals surface area contributed by atoms with Gasteiger partial charge in [-0.2, -0.15) is 0 Å². The van der Waals surface area contributed by atoms with Gasteiger partial charge in [0.2, 0.25) is 0 Å². The minimum atomic E-state index is 0.745. The van der Waals surface area contributed by atoms with E-state index in [0.717, 1.165) is 68.5 Å². The molecule has 1 aliphatic heterocycles. The van der Waals surface area contributed by atoms with Crippen LogP contribution in [0.15, 0.2) is 30.9 Å². The fraction of sp³-hybridized carbons (Fsp3) is 0.500. The van der Waals surface area contributed by atoms with Gasteiger partial charge in [-0.3, -0.25) is 0 Å². The number of ether oxygens (including phenoxy) is 1. The molecule has 0 aromatic heterocycles. The van der Waals surface area contributed by atoms with Gasteiger partial charge in [0.05, 0.1) is 6.61 Å². The molecule has 1 aliphatic rings. The van der Waals surface area contributed by atoms with E-state index in [2.05, 4.69) is 16.8 Å². The van der Waals surface area contributed by atoms with Gasteiger partial charge in [0, 0.05) is 37.7 Å². The zero-order valence-corrected chi connectivity index (χ0v) is 12.7. The van der Waals surface area contributed by atoms with Crippen LogP contribution in [-0.4, -0.2) is 44.2 Å². The highest BCUT2D eigenvalue weighted by atomic mass is 35.5. The summed E-state index contributed by atoms with van der Waals surface area (Å²) in [6.07, 6.45) is 3.71. The smallest absolute Gasteiger partial charge is 0.122 e. The van der Waals surface area contributed by atoms with E-state index in [4.69, 9.17) is 16.3 Å². The highest BCUT2D eigenvalue weighted by Crippen LogP contribution is 2.23. The first-order valence-electron chi connectivity index (χ1n) is 7.25. The fourth-order valence-electron chi connectivity index (χ4n) is 2.41. The molecule has 0 bridgehead atoms. The molecule has 1 heterocycles. The summed E-state index contributed by atoms with van der Waals surface area (Å²) in [6, 6.07) is 5.78. The van der Waals surface area contributed by atoms with E-state index in [9.17, 15) is 0 Å². The number of allylic oxidation sites excluding steroid dienone is 1. The van der Waals surface area contributed by atoms with E-state index in [1.807, 2.05) is 24.3 Å². The van der Waals surface area contributed by atoms with E-state index in [0.29, 0.717) is 0 Å². The molecular formula is C16H23ClN2O. The van der Waals surface area contributed by atoms with E-state index in [1.54, 1.807) is 0 Å². The average Bonchev–Trinajstić information content (AvgIpc) is 2.47. The number of halogens is 1. The topological polar surface area (TPSA) is 24.5 Å². The molecule has 0 amide bonds. The van der Waals surface area contributed by atoms with E-state index in [1.165, 1.54) is 0 Å². The number of benzene rings is 1. The second-order valence-corrected chi connectivity index (χ2v) is 5.47. The van der Waals surface area contributed by atoms with Crippen LogP contribution in [0.1, 0.15) is 12.0 Å². The van der Waals surface area contributed by atoms with Crippen molar-refractivity contribution in [2.75, 3.05) is 39.3 Å². The predicted molar refractivity (Wildman–Crippen MR) is 84.8 cm³/mol. The Bertz CT molecular complexity index is 430. The molecule has 0 aliphatic carbocycles. The summed E-state index contributed by atoms with van der Waals surface area (Å²) in [4.78, 5) is 2.48. The summed E-state index contributed by atoms with van der Waals surface area (Å²) in [5, 5.41) is 4.11. The van der Waals surface area contributed by atoms with Gasteiger partial charge in [0.15, 0.2) is 0 Å². The van der Waals surface area contributed by atoms with Crippen molar-refractivity contribution in [3.05, 3.63) is 41.4 Å². The van der Waals surface area contributed by atoms with Crippen LogP contribution in [0.2, 0.25) is 5.02 Å². The minimum Gasteiger partial charge on any atom is -0.493 e.